The highest BCUT2D eigenvalue weighted by Gasteiger charge is 2.22. The Morgan fingerprint density at radius 2 is 2.04 bits per heavy atom. The minimum absolute atomic E-state index is 0.203. The monoisotopic (exact) mass is 338 g/mol. The van der Waals surface area contributed by atoms with E-state index in [9.17, 15) is 9.18 Å². The fraction of sp³-hybridized carbons (Fsp3) is 0.611. The normalized spacial score (nSPS) is 19.0. The van der Waals surface area contributed by atoms with Crippen LogP contribution in [-0.4, -0.2) is 54.7 Å². The molecule has 1 aliphatic heterocycles. The number of hydrogen-bond acceptors (Lipinski definition) is 3. The second-order valence-electron chi connectivity index (χ2n) is 6.38. The van der Waals surface area contributed by atoms with Gasteiger partial charge in [-0.05, 0) is 44.6 Å². The van der Waals surface area contributed by atoms with E-state index >= 15 is 0 Å². The third kappa shape index (κ3) is 6.15. The molecule has 1 aromatic carbocycles. The predicted octanol–water partition coefficient (Wildman–Crippen LogP) is 3.39. The molecule has 1 atom stereocenters. The van der Waals surface area contributed by atoms with E-state index < -0.39 is 0 Å². The summed E-state index contributed by atoms with van der Waals surface area (Å²) in [5, 5.41) is 0. The second kappa shape index (κ2) is 9.28. The second-order valence-corrected chi connectivity index (χ2v) is 7.49. The summed E-state index contributed by atoms with van der Waals surface area (Å²) in [4.78, 5) is 16.7. The molecule has 1 aromatic rings. The maximum atomic E-state index is 12.8. The molecule has 23 heavy (non-hydrogen) atoms. The number of likely N-dealkylation sites (tertiary alicyclic amines) is 1. The zero-order valence-corrected chi connectivity index (χ0v) is 14.9. The lowest BCUT2D eigenvalue weighted by molar-refractivity contribution is -0.131. The summed E-state index contributed by atoms with van der Waals surface area (Å²) in [6.45, 7) is 1.75. The Kier molecular flexibility index (Phi) is 7.37. The van der Waals surface area contributed by atoms with E-state index in [4.69, 9.17) is 0 Å². The molecule has 5 heteroatoms. The van der Waals surface area contributed by atoms with Gasteiger partial charge in [0.05, 0.1) is 0 Å². The van der Waals surface area contributed by atoms with Gasteiger partial charge in [0.15, 0.2) is 0 Å². The van der Waals surface area contributed by atoms with Gasteiger partial charge in [-0.25, -0.2) is 4.39 Å². The van der Waals surface area contributed by atoms with Crippen LogP contribution < -0.4 is 0 Å². The number of benzene rings is 1. The van der Waals surface area contributed by atoms with Gasteiger partial charge in [0.25, 0.3) is 0 Å². The van der Waals surface area contributed by atoms with Crippen LogP contribution in [0.3, 0.4) is 0 Å². The molecule has 1 heterocycles. The molecule has 128 valence electrons. The van der Waals surface area contributed by atoms with E-state index in [-0.39, 0.29) is 11.7 Å². The van der Waals surface area contributed by atoms with Crippen molar-refractivity contribution in [2.75, 3.05) is 32.9 Å². The van der Waals surface area contributed by atoms with Crippen molar-refractivity contribution in [1.29, 1.82) is 0 Å². The first-order chi connectivity index (χ1) is 11.1. The molecule has 0 radical (unpaired) electrons. The third-order valence-electron chi connectivity index (χ3n) is 4.37. The van der Waals surface area contributed by atoms with Crippen LogP contribution in [0.25, 0.3) is 0 Å². The Labute approximate surface area is 143 Å². The largest absolute Gasteiger partial charge is 0.341 e. The number of likely N-dealkylation sites (N-methyl/N-ethyl adjacent to an activating group) is 1. The number of amides is 1. The third-order valence-corrected chi connectivity index (χ3v) is 5.40. The van der Waals surface area contributed by atoms with E-state index in [0.29, 0.717) is 12.5 Å². The van der Waals surface area contributed by atoms with Gasteiger partial charge in [-0.3, -0.25) is 4.79 Å². The van der Waals surface area contributed by atoms with Crippen molar-refractivity contribution < 1.29 is 9.18 Å². The van der Waals surface area contributed by atoms with Crippen LogP contribution in [0.5, 0.6) is 0 Å². The number of thioether (sulfide) groups is 1. The van der Waals surface area contributed by atoms with Crippen molar-refractivity contribution in [3.8, 4) is 0 Å². The molecule has 1 amide bonds. The van der Waals surface area contributed by atoms with Crippen LogP contribution >= 0.6 is 11.8 Å². The number of hydrogen-bond donors (Lipinski definition) is 0. The van der Waals surface area contributed by atoms with Crippen molar-refractivity contribution in [3.63, 3.8) is 0 Å². The molecule has 0 aliphatic carbocycles. The van der Waals surface area contributed by atoms with Crippen molar-refractivity contribution >= 4 is 17.7 Å². The first-order valence-corrected chi connectivity index (χ1v) is 9.48. The number of carbonyl (C=O) groups is 1. The van der Waals surface area contributed by atoms with Gasteiger partial charge in [-0.2, -0.15) is 11.8 Å². The number of carbonyl (C=O) groups excluding carboxylic acids is 1. The zero-order valence-electron chi connectivity index (χ0n) is 14.1. The Morgan fingerprint density at radius 3 is 2.74 bits per heavy atom. The molecule has 3 nitrogen and oxygen atoms in total. The van der Waals surface area contributed by atoms with Gasteiger partial charge in [0.1, 0.15) is 5.82 Å². The van der Waals surface area contributed by atoms with Crippen LogP contribution in [0.4, 0.5) is 4.39 Å². The van der Waals surface area contributed by atoms with Crippen molar-refractivity contribution in [2.45, 2.75) is 37.5 Å². The van der Waals surface area contributed by atoms with Gasteiger partial charge in [-0.1, -0.05) is 18.6 Å². The molecule has 1 fully saturated rings. The van der Waals surface area contributed by atoms with Gasteiger partial charge in [0.2, 0.25) is 5.91 Å². The molecule has 0 aromatic heterocycles. The Hall–Kier alpha value is -1.07. The number of nitrogens with zero attached hydrogens (tertiary/aromatic N) is 2. The van der Waals surface area contributed by atoms with Crippen LogP contribution in [0.2, 0.25) is 0 Å². The molecule has 0 saturated carbocycles. The summed E-state index contributed by atoms with van der Waals surface area (Å²) in [7, 11) is 4.19. The number of rotatable bonds is 6. The average Bonchev–Trinajstić information content (AvgIpc) is 2.79. The fourth-order valence-corrected chi connectivity index (χ4v) is 3.75. The standard InChI is InChI=1S/C18H27FN2OS/c1-20(2)17-5-3-4-11-21(13-17)18(22)10-12-23-14-15-6-8-16(19)9-7-15/h6-9,17H,3-5,10-14H2,1-2H3. The first-order valence-electron chi connectivity index (χ1n) is 8.32. The summed E-state index contributed by atoms with van der Waals surface area (Å²) in [6.07, 6.45) is 4.08. The van der Waals surface area contributed by atoms with E-state index in [1.807, 2.05) is 4.90 Å². The fourth-order valence-electron chi connectivity index (χ4n) is 2.86. The lowest BCUT2D eigenvalue weighted by atomic mass is 10.1. The van der Waals surface area contributed by atoms with Crippen LogP contribution in [0, 0.1) is 5.82 Å². The average molecular weight is 338 g/mol. The SMILES string of the molecule is CN(C)C1CCCCN(C(=O)CCSCc2ccc(F)cc2)C1. The van der Waals surface area contributed by atoms with Crippen molar-refractivity contribution in [2.24, 2.45) is 0 Å². The highest BCUT2D eigenvalue weighted by Crippen LogP contribution is 2.17. The summed E-state index contributed by atoms with van der Waals surface area (Å²) >= 11 is 1.74. The minimum Gasteiger partial charge on any atom is -0.341 e. The summed E-state index contributed by atoms with van der Waals surface area (Å²) in [6, 6.07) is 7.06. The van der Waals surface area contributed by atoms with Gasteiger partial charge in [0, 0.05) is 37.1 Å². The molecule has 0 N–H and O–H groups in total. The molecule has 1 unspecified atom stereocenters. The quantitative estimate of drug-likeness (QED) is 0.743. The summed E-state index contributed by atoms with van der Waals surface area (Å²) in [5.41, 5.74) is 1.10. The Bertz CT molecular complexity index is 492. The highest BCUT2D eigenvalue weighted by atomic mass is 32.2. The summed E-state index contributed by atoms with van der Waals surface area (Å²) < 4.78 is 12.8. The molecule has 1 aliphatic rings. The maximum Gasteiger partial charge on any atom is 0.223 e. The zero-order chi connectivity index (χ0) is 16.7. The smallest absolute Gasteiger partial charge is 0.223 e. The predicted molar refractivity (Wildman–Crippen MR) is 95.1 cm³/mol. The molecule has 2 rings (SSSR count). The summed E-state index contributed by atoms with van der Waals surface area (Å²) in [5.74, 6) is 1.71. The van der Waals surface area contributed by atoms with Crippen molar-refractivity contribution in [3.05, 3.63) is 35.6 Å². The number of halogens is 1. The van der Waals surface area contributed by atoms with Crippen LogP contribution in [0.15, 0.2) is 24.3 Å². The van der Waals surface area contributed by atoms with Gasteiger partial charge >= 0.3 is 0 Å². The molecular formula is C18H27FN2OS. The Morgan fingerprint density at radius 1 is 1.30 bits per heavy atom. The highest BCUT2D eigenvalue weighted by molar-refractivity contribution is 7.98. The topological polar surface area (TPSA) is 23.6 Å². The lowest BCUT2D eigenvalue weighted by Crippen LogP contribution is -2.42. The van der Waals surface area contributed by atoms with E-state index in [1.54, 1.807) is 23.9 Å². The van der Waals surface area contributed by atoms with E-state index in [1.165, 1.54) is 25.0 Å². The van der Waals surface area contributed by atoms with E-state index in [2.05, 4.69) is 19.0 Å². The molecule has 0 spiro atoms. The molecule has 1 saturated heterocycles. The minimum atomic E-state index is -0.203. The van der Waals surface area contributed by atoms with Gasteiger partial charge < -0.3 is 9.80 Å². The molecule has 0 bridgehead atoms. The first kappa shape index (κ1) is 18.3. The van der Waals surface area contributed by atoms with Crippen LogP contribution in [0.1, 0.15) is 31.2 Å². The van der Waals surface area contributed by atoms with E-state index in [0.717, 1.165) is 36.6 Å². The van der Waals surface area contributed by atoms with Crippen molar-refractivity contribution in [1.82, 2.24) is 9.80 Å². The lowest BCUT2D eigenvalue weighted by Gasteiger charge is -2.28. The Balaban J connectivity index is 1.72. The van der Waals surface area contributed by atoms with Gasteiger partial charge in [-0.15, -0.1) is 0 Å². The maximum absolute atomic E-state index is 12.8. The van der Waals surface area contributed by atoms with Crippen LogP contribution in [-0.2, 0) is 10.5 Å². The molecular weight excluding hydrogens is 311 g/mol.